The molecular formula is C22H28F2N4O2. The van der Waals surface area contributed by atoms with E-state index in [0.29, 0.717) is 30.2 Å². The maximum atomic E-state index is 12.5. The van der Waals surface area contributed by atoms with E-state index in [1.165, 1.54) is 6.07 Å². The summed E-state index contributed by atoms with van der Waals surface area (Å²) in [4.78, 5) is 16.2. The minimum atomic E-state index is -2.87. The number of amides is 1. The molecule has 0 saturated carbocycles. The standard InChI is InChI=1S/C22H28F2N4O2/c1-3-4-13-26-20(29)17-11-9-16(10-12-17)14-27-22(25-2)28-15-18-7-5-6-8-19(18)30-21(23)24/h5-12,21H,3-4,13-15H2,1-2H3,(H,26,29)(H2,25,27,28). The molecule has 0 radical (unpaired) electrons. The Morgan fingerprint density at radius 3 is 2.40 bits per heavy atom. The Bertz CT molecular complexity index is 826. The number of unbranched alkanes of at least 4 members (excludes halogenated alkanes) is 1. The number of nitrogens with zero attached hydrogens (tertiary/aromatic N) is 1. The lowest BCUT2D eigenvalue weighted by Gasteiger charge is -2.14. The molecule has 0 unspecified atom stereocenters. The molecule has 1 amide bonds. The van der Waals surface area contributed by atoms with Gasteiger partial charge in [-0.2, -0.15) is 8.78 Å². The van der Waals surface area contributed by atoms with Crippen molar-refractivity contribution in [2.75, 3.05) is 13.6 Å². The molecule has 8 heteroatoms. The molecule has 0 bridgehead atoms. The van der Waals surface area contributed by atoms with Gasteiger partial charge in [-0.1, -0.05) is 43.7 Å². The monoisotopic (exact) mass is 418 g/mol. The minimum Gasteiger partial charge on any atom is -0.434 e. The van der Waals surface area contributed by atoms with Crippen molar-refractivity contribution in [2.45, 2.75) is 39.5 Å². The van der Waals surface area contributed by atoms with E-state index in [4.69, 9.17) is 0 Å². The number of carbonyl (C=O) groups excluding carboxylic acids is 1. The first-order valence-corrected chi connectivity index (χ1v) is 9.87. The third-order valence-electron chi connectivity index (χ3n) is 4.35. The predicted octanol–water partition coefficient (Wildman–Crippen LogP) is 3.68. The van der Waals surface area contributed by atoms with Crippen LogP contribution in [0.25, 0.3) is 0 Å². The van der Waals surface area contributed by atoms with Crippen molar-refractivity contribution >= 4 is 11.9 Å². The van der Waals surface area contributed by atoms with E-state index in [-0.39, 0.29) is 18.2 Å². The van der Waals surface area contributed by atoms with E-state index in [0.717, 1.165) is 18.4 Å². The normalized spacial score (nSPS) is 11.3. The van der Waals surface area contributed by atoms with E-state index in [1.807, 2.05) is 12.1 Å². The summed E-state index contributed by atoms with van der Waals surface area (Å²) in [6, 6.07) is 13.9. The van der Waals surface area contributed by atoms with Crippen LogP contribution in [0.4, 0.5) is 8.78 Å². The van der Waals surface area contributed by atoms with Gasteiger partial charge in [0.1, 0.15) is 5.75 Å². The molecule has 0 atom stereocenters. The summed E-state index contributed by atoms with van der Waals surface area (Å²) in [5.74, 6) is 0.566. The van der Waals surface area contributed by atoms with E-state index in [1.54, 1.807) is 37.4 Å². The third kappa shape index (κ3) is 7.69. The molecule has 2 aromatic carbocycles. The number of halogens is 2. The summed E-state index contributed by atoms with van der Waals surface area (Å²) >= 11 is 0. The molecular weight excluding hydrogens is 390 g/mol. The Morgan fingerprint density at radius 2 is 1.73 bits per heavy atom. The van der Waals surface area contributed by atoms with E-state index in [2.05, 4.69) is 32.6 Å². The average Bonchev–Trinajstić information content (AvgIpc) is 2.75. The Balaban J connectivity index is 1.85. The van der Waals surface area contributed by atoms with Gasteiger partial charge >= 0.3 is 6.61 Å². The molecule has 6 nitrogen and oxygen atoms in total. The number of guanidine groups is 1. The second-order valence-electron chi connectivity index (χ2n) is 6.57. The highest BCUT2D eigenvalue weighted by Crippen LogP contribution is 2.19. The first-order chi connectivity index (χ1) is 14.5. The van der Waals surface area contributed by atoms with E-state index < -0.39 is 6.61 Å². The summed E-state index contributed by atoms with van der Waals surface area (Å²) in [5.41, 5.74) is 2.19. The molecule has 0 spiro atoms. The first-order valence-electron chi connectivity index (χ1n) is 9.87. The Morgan fingerprint density at radius 1 is 1.03 bits per heavy atom. The SMILES string of the molecule is CCCCNC(=O)c1ccc(CNC(=NC)NCc2ccccc2OC(F)F)cc1. The molecule has 0 aliphatic carbocycles. The Labute approximate surface area is 175 Å². The van der Waals surface area contributed by atoms with Crippen LogP contribution in [0.3, 0.4) is 0 Å². The zero-order valence-electron chi connectivity index (χ0n) is 17.3. The zero-order chi connectivity index (χ0) is 21.8. The van der Waals surface area contributed by atoms with Gasteiger partial charge < -0.3 is 20.7 Å². The number of ether oxygens (including phenoxy) is 1. The Hall–Kier alpha value is -3.16. The van der Waals surface area contributed by atoms with Crippen molar-refractivity contribution in [1.82, 2.24) is 16.0 Å². The molecule has 3 N–H and O–H groups in total. The van der Waals surface area contributed by atoms with Crippen molar-refractivity contribution in [1.29, 1.82) is 0 Å². The van der Waals surface area contributed by atoms with Crippen LogP contribution in [0, 0.1) is 0 Å². The molecule has 0 heterocycles. The highest BCUT2D eigenvalue weighted by molar-refractivity contribution is 5.94. The van der Waals surface area contributed by atoms with E-state index >= 15 is 0 Å². The molecule has 0 aromatic heterocycles. The molecule has 0 aliphatic rings. The van der Waals surface area contributed by atoms with Crippen LogP contribution in [0.5, 0.6) is 5.75 Å². The van der Waals surface area contributed by atoms with Crippen LogP contribution in [-0.2, 0) is 13.1 Å². The number of rotatable bonds is 10. The molecule has 0 fully saturated rings. The lowest BCUT2D eigenvalue weighted by Crippen LogP contribution is -2.36. The highest BCUT2D eigenvalue weighted by Gasteiger charge is 2.10. The van der Waals surface area contributed by atoms with Crippen LogP contribution in [-0.4, -0.2) is 32.1 Å². The smallest absolute Gasteiger partial charge is 0.387 e. The number of benzene rings is 2. The van der Waals surface area contributed by atoms with Crippen molar-refractivity contribution in [3.05, 3.63) is 65.2 Å². The predicted molar refractivity (Wildman–Crippen MR) is 114 cm³/mol. The number of hydrogen-bond donors (Lipinski definition) is 3. The number of hydrogen-bond acceptors (Lipinski definition) is 3. The fraction of sp³-hybridized carbons (Fsp3) is 0.364. The van der Waals surface area contributed by atoms with Gasteiger partial charge in [-0.15, -0.1) is 0 Å². The number of nitrogens with one attached hydrogen (secondary N) is 3. The van der Waals surface area contributed by atoms with Gasteiger partial charge in [0, 0.05) is 37.8 Å². The highest BCUT2D eigenvalue weighted by atomic mass is 19.3. The molecule has 30 heavy (non-hydrogen) atoms. The van der Waals surface area contributed by atoms with Gasteiger partial charge in [0.2, 0.25) is 0 Å². The van der Waals surface area contributed by atoms with Crippen LogP contribution in [0.1, 0.15) is 41.3 Å². The summed E-state index contributed by atoms with van der Waals surface area (Å²) in [5, 5.41) is 9.12. The van der Waals surface area contributed by atoms with Gasteiger partial charge in [-0.25, -0.2) is 0 Å². The number of carbonyl (C=O) groups is 1. The van der Waals surface area contributed by atoms with Crippen LogP contribution < -0.4 is 20.7 Å². The number of aliphatic imine (C=N–C) groups is 1. The molecule has 162 valence electrons. The zero-order valence-corrected chi connectivity index (χ0v) is 17.3. The van der Waals surface area contributed by atoms with Crippen LogP contribution in [0.2, 0.25) is 0 Å². The molecule has 2 aromatic rings. The van der Waals surface area contributed by atoms with Crippen LogP contribution in [0.15, 0.2) is 53.5 Å². The van der Waals surface area contributed by atoms with Crippen molar-refractivity contribution in [3.63, 3.8) is 0 Å². The van der Waals surface area contributed by atoms with Gasteiger partial charge in [0.05, 0.1) is 0 Å². The lowest BCUT2D eigenvalue weighted by molar-refractivity contribution is -0.0504. The average molecular weight is 418 g/mol. The number of para-hydroxylation sites is 1. The summed E-state index contributed by atoms with van der Waals surface area (Å²) < 4.78 is 29.6. The maximum Gasteiger partial charge on any atom is 0.387 e. The Kier molecular flexibility index (Phi) is 9.57. The first kappa shape index (κ1) is 23.1. The number of alkyl halides is 2. The minimum absolute atomic E-state index is 0.0786. The summed E-state index contributed by atoms with van der Waals surface area (Å²) in [7, 11) is 1.63. The van der Waals surface area contributed by atoms with Crippen LogP contribution >= 0.6 is 0 Å². The summed E-state index contributed by atoms with van der Waals surface area (Å²) in [6.45, 7) is 0.644. The van der Waals surface area contributed by atoms with Crippen molar-refractivity contribution in [3.8, 4) is 5.75 Å². The second-order valence-corrected chi connectivity index (χ2v) is 6.57. The van der Waals surface area contributed by atoms with Crippen molar-refractivity contribution < 1.29 is 18.3 Å². The fourth-order valence-electron chi connectivity index (χ4n) is 2.70. The van der Waals surface area contributed by atoms with Gasteiger partial charge in [0.15, 0.2) is 5.96 Å². The molecule has 0 saturated heterocycles. The second kappa shape index (κ2) is 12.4. The quantitative estimate of drug-likeness (QED) is 0.313. The van der Waals surface area contributed by atoms with Gasteiger partial charge in [0.25, 0.3) is 5.91 Å². The molecule has 0 aliphatic heterocycles. The fourth-order valence-corrected chi connectivity index (χ4v) is 2.70. The largest absolute Gasteiger partial charge is 0.434 e. The molecule has 2 rings (SSSR count). The van der Waals surface area contributed by atoms with Gasteiger partial charge in [-0.3, -0.25) is 9.79 Å². The van der Waals surface area contributed by atoms with Crippen molar-refractivity contribution in [2.24, 2.45) is 4.99 Å². The lowest BCUT2D eigenvalue weighted by atomic mass is 10.1. The summed E-state index contributed by atoms with van der Waals surface area (Å²) in [6.07, 6.45) is 1.99. The van der Waals surface area contributed by atoms with Gasteiger partial charge in [-0.05, 0) is 30.2 Å². The topological polar surface area (TPSA) is 74.8 Å². The van der Waals surface area contributed by atoms with E-state index in [9.17, 15) is 13.6 Å². The maximum absolute atomic E-state index is 12.5. The third-order valence-corrected chi connectivity index (χ3v) is 4.35.